The van der Waals surface area contributed by atoms with Crippen molar-refractivity contribution < 1.29 is 9.53 Å². The molecule has 1 aromatic heterocycles. The van der Waals surface area contributed by atoms with Crippen LogP contribution >= 0.6 is 0 Å². The molecule has 6 heteroatoms. The van der Waals surface area contributed by atoms with E-state index >= 15 is 0 Å². The Labute approximate surface area is 99.4 Å². The third kappa shape index (κ3) is 4.36. The van der Waals surface area contributed by atoms with Crippen molar-refractivity contribution in [1.82, 2.24) is 15.5 Å². The fraction of sp³-hybridized carbons (Fsp3) is 0.545. The normalized spacial score (nSPS) is 11.2. The Morgan fingerprint density at radius 2 is 2.24 bits per heavy atom. The summed E-state index contributed by atoms with van der Waals surface area (Å²) in [4.78, 5) is 22.4. The number of hydrogen-bond acceptors (Lipinski definition) is 4. The third-order valence-corrected chi connectivity index (χ3v) is 2.12. The Morgan fingerprint density at radius 1 is 1.53 bits per heavy atom. The zero-order chi connectivity index (χ0) is 12.9. The summed E-state index contributed by atoms with van der Waals surface area (Å²) in [5.74, 6) is -0.339. The first kappa shape index (κ1) is 13.4. The van der Waals surface area contributed by atoms with E-state index in [0.717, 1.165) is 0 Å². The molecule has 0 aliphatic carbocycles. The number of nitrogens with zero attached hydrogens (tertiary/aromatic N) is 1. The molecule has 0 aliphatic heterocycles. The molecule has 0 radical (unpaired) electrons. The highest BCUT2D eigenvalue weighted by atomic mass is 16.5. The van der Waals surface area contributed by atoms with Crippen LogP contribution in [0.15, 0.2) is 16.9 Å². The number of hydrogen-bond donors (Lipinski definition) is 2. The molecular formula is C11H17N3O3. The molecule has 0 unspecified atom stereocenters. The summed E-state index contributed by atoms with van der Waals surface area (Å²) in [5.41, 5.74) is -0.583. The predicted octanol–water partition coefficient (Wildman–Crippen LogP) is 0.315. The van der Waals surface area contributed by atoms with E-state index < -0.39 is 5.60 Å². The molecule has 17 heavy (non-hydrogen) atoms. The van der Waals surface area contributed by atoms with E-state index in [1.54, 1.807) is 0 Å². The van der Waals surface area contributed by atoms with Gasteiger partial charge in [0.2, 0.25) is 0 Å². The van der Waals surface area contributed by atoms with Crippen LogP contribution in [0.1, 0.15) is 31.3 Å². The van der Waals surface area contributed by atoms with Gasteiger partial charge in [-0.25, -0.2) is 5.10 Å². The van der Waals surface area contributed by atoms with Gasteiger partial charge >= 0.3 is 0 Å². The number of nitrogens with one attached hydrogen (secondary N) is 2. The van der Waals surface area contributed by atoms with Gasteiger partial charge in [0.05, 0.1) is 5.60 Å². The maximum absolute atomic E-state index is 11.7. The number of aromatic nitrogens is 2. The molecule has 2 N–H and O–H groups in total. The number of H-pyrrole nitrogens is 1. The predicted molar refractivity (Wildman–Crippen MR) is 62.9 cm³/mol. The summed E-state index contributed by atoms with van der Waals surface area (Å²) >= 11 is 0. The maximum atomic E-state index is 11.7. The van der Waals surface area contributed by atoms with Crippen LogP contribution in [0.5, 0.6) is 0 Å². The van der Waals surface area contributed by atoms with Crippen LogP contribution in [0.2, 0.25) is 0 Å². The van der Waals surface area contributed by atoms with E-state index in [2.05, 4.69) is 15.5 Å². The molecule has 0 aromatic carbocycles. The first-order valence-corrected chi connectivity index (χ1v) is 5.42. The van der Waals surface area contributed by atoms with Gasteiger partial charge < -0.3 is 10.1 Å². The lowest BCUT2D eigenvalue weighted by Gasteiger charge is -2.24. The van der Waals surface area contributed by atoms with Gasteiger partial charge in [-0.2, -0.15) is 5.10 Å². The minimum atomic E-state index is -0.424. The maximum Gasteiger partial charge on any atom is 0.271 e. The van der Waals surface area contributed by atoms with Gasteiger partial charge in [0, 0.05) is 19.2 Å². The van der Waals surface area contributed by atoms with Crippen molar-refractivity contribution in [3.05, 3.63) is 28.2 Å². The van der Waals surface area contributed by atoms with Crippen molar-refractivity contribution in [1.29, 1.82) is 0 Å². The molecule has 0 spiro atoms. The van der Waals surface area contributed by atoms with E-state index in [1.165, 1.54) is 12.1 Å². The number of rotatable bonds is 5. The van der Waals surface area contributed by atoms with Gasteiger partial charge in [0.1, 0.15) is 5.69 Å². The summed E-state index contributed by atoms with van der Waals surface area (Å²) in [6, 6.07) is 2.64. The standard InChI is InChI=1S/C11H17N3O3/c1-4-17-11(2,3)7-12-10(16)8-5-6-9(15)14-13-8/h5-6H,4,7H2,1-3H3,(H,12,16)(H,14,15). The lowest BCUT2D eigenvalue weighted by atomic mass is 10.1. The average molecular weight is 239 g/mol. The molecule has 0 fully saturated rings. The van der Waals surface area contributed by atoms with E-state index in [1.807, 2.05) is 20.8 Å². The highest BCUT2D eigenvalue weighted by Crippen LogP contribution is 2.06. The molecule has 0 aliphatic rings. The van der Waals surface area contributed by atoms with Crippen molar-refractivity contribution in [3.63, 3.8) is 0 Å². The van der Waals surface area contributed by atoms with Gasteiger partial charge in [-0.05, 0) is 26.8 Å². The fourth-order valence-electron chi connectivity index (χ4n) is 1.30. The SMILES string of the molecule is CCOC(C)(C)CNC(=O)c1ccc(=O)[nH]n1. The second kappa shape index (κ2) is 5.58. The molecule has 1 aromatic rings. The monoisotopic (exact) mass is 239 g/mol. The fourth-order valence-corrected chi connectivity index (χ4v) is 1.30. The van der Waals surface area contributed by atoms with Crippen molar-refractivity contribution >= 4 is 5.91 Å². The molecule has 0 atom stereocenters. The number of aromatic amines is 1. The third-order valence-electron chi connectivity index (χ3n) is 2.12. The van der Waals surface area contributed by atoms with Crippen LogP contribution in [0, 0.1) is 0 Å². The molecule has 1 rings (SSSR count). The van der Waals surface area contributed by atoms with Crippen LogP contribution in [0.4, 0.5) is 0 Å². The highest BCUT2D eigenvalue weighted by Gasteiger charge is 2.19. The van der Waals surface area contributed by atoms with Gasteiger partial charge in [0.25, 0.3) is 11.5 Å². The van der Waals surface area contributed by atoms with Crippen LogP contribution in [0.3, 0.4) is 0 Å². The lowest BCUT2D eigenvalue weighted by Crippen LogP contribution is -2.40. The van der Waals surface area contributed by atoms with Crippen molar-refractivity contribution in [2.24, 2.45) is 0 Å². The molecule has 0 saturated heterocycles. The number of carbonyl (C=O) groups excluding carboxylic acids is 1. The van der Waals surface area contributed by atoms with E-state index in [-0.39, 0.29) is 17.2 Å². The summed E-state index contributed by atoms with van der Waals surface area (Å²) < 4.78 is 5.44. The molecule has 0 bridgehead atoms. The highest BCUT2D eigenvalue weighted by molar-refractivity contribution is 5.91. The van der Waals surface area contributed by atoms with Crippen LogP contribution in [-0.4, -0.2) is 34.9 Å². The van der Waals surface area contributed by atoms with Crippen LogP contribution in [-0.2, 0) is 4.74 Å². The quantitative estimate of drug-likeness (QED) is 0.774. The zero-order valence-corrected chi connectivity index (χ0v) is 10.2. The zero-order valence-electron chi connectivity index (χ0n) is 10.2. The molecule has 1 heterocycles. The second-order valence-corrected chi connectivity index (χ2v) is 4.18. The van der Waals surface area contributed by atoms with E-state index in [0.29, 0.717) is 13.2 Å². The Kier molecular flexibility index (Phi) is 4.39. The van der Waals surface area contributed by atoms with Gasteiger partial charge in [0.15, 0.2) is 0 Å². The smallest absolute Gasteiger partial charge is 0.271 e. The molecule has 94 valence electrons. The Bertz CT molecular complexity index is 419. The summed E-state index contributed by atoms with van der Waals surface area (Å²) in [6.45, 7) is 6.63. The average Bonchev–Trinajstić information content (AvgIpc) is 2.27. The molecule has 0 saturated carbocycles. The minimum Gasteiger partial charge on any atom is -0.374 e. The van der Waals surface area contributed by atoms with E-state index in [4.69, 9.17) is 4.74 Å². The summed E-state index contributed by atoms with van der Waals surface area (Å²) in [5, 5.41) is 8.53. The molecular weight excluding hydrogens is 222 g/mol. The summed E-state index contributed by atoms with van der Waals surface area (Å²) in [7, 11) is 0. The van der Waals surface area contributed by atoms with Crippen LogP contribution < -0.4 is 10.9 Å². The topological polar surface area (TPSA) is 84.1 Å². The Morgan fingerprint density at radius 3 is 2.76 bits per heavy atom. The largest absolute Gasteiger partial charge is 0.374 e. The first-order chi connectivity index (χ1) is 7.94. The van der Waals surface area contributed by atoms with Crippen molar-refractivity contribution in [2.75, 3.05) is 13.2 Å². The number of carbonyl (C=O) groups is 1. The Hall–Kier alpha value is -1.69. The van der Waals surface area contributed by atoms with Crippen molar-refractivity contribution in [3.8, 4) is 0 Å². The minimum absolute atomic E-state index is 0.178. The summed E-state index contributed by atoms with van der Waals surface area (Å²) in [6.07, 6.45) is 0. The molecule has 6 nitrogen and oxygen atoms in total. The Balaban J connectivity index is 2.55. The van der Waals surface area contributed by atoms with E-state index in [9.17, 15) is 9.59 Å². The first-order valence-electron chi connectivity index (χ1n) is 5.42. The number of amides is 1. The number of ether oxygens (including phenoxy) is 1. The van der Waals surface area contributed by atoms with Gasteiger partial charge in [-0.15, -0.1) is 0 Å². The van der Waals surface area contributed by atoms with Gasteiger partial charge in [-0.1, -0.05) is 0 Å². The second-order valence-electron chi connectivity index (χ2n) is 4.18. The van der Waals surface area contributed by atoms with Crippen LogP contribution in [0.25, 0.3) is 0 Å². The lowest BCUT2D eigenvalue weighted by molar-refractivity contribution is -0.00819. The van der Waals surface area contributed by atoms with Gasteiger partial charge in [-0.3, -0.25) is 9.59 Å². The molecule has 1 amide bonds. The van der Waals surface area contributed by atoms with Crippen molar-refractivity contribution in [2.45, 2.75) is 26.4 Å².